The van der Waals surface area contributed by atoms with Gasteiger partial charge in [-0.05, 0) is 62.2 Å². The number of carbonyl (C=O) groups is 2. The molecule has 0 saturated carbocycles. The number of aromatic amines is 2. The first-order valence-corrected chi connectivity index (χ1v) is 12.9. The number of allylic oxidation sites excluding steroid dienone is 1. The zero-order valence-electron chi connectivity index (χ0n) is 22.0. The standard InChI is InChI=1S/C31H30N4O4/c1-4-32-30(37)21-13-11-19(12-14-21)23-16-15-22(34-23)17-24-28(36)27-26(20-9-7-6-8-10-20)25(31(38)39-5-2)18(3)33-29(27)35-24/h6-17,26,34,36H,4-5H2,1-3H3,(H,32,37)(H,33,35). The van der Waals surface area contributed by atoms with Gasteiger partial charge in [0.2, 0.25) is 0 Å². The lowest BCUT2D eigenvalue weighted by Crippen LogP contribution is -2.26. The molecule has 0 radical (unpaired) electrons. The second kappa shape index (κ2) is 10.9. The summed E-state index contributed by atoms with van der Waals surface area (Å²) in [6.45, 7) is 6.24. The van der Waals surface area contributed by atoms with Crippen molar-refractivity contribution in [3.63, 3.8) is 0 Å². The Labute approximate surface area is 225 Å². The average molecular weight is 523 g/mol. The maximum atomic E-state index is 13.0. The largest absolute Gasteiger partial charge is 0.505 e. The summed E-state index contributed by atoms with van der Waals surface area (Å²) < 4.78 is 5.35. The number of hydrogen-bond donors (Lipinski definition) is 4. The first-order chi connectivity index (χ1) is 18.9. The number of aromatic hydroxyl groups is 1. The number of esters is 1. The van der Waals surface area contributed by atoms with Gasteiger partial charge in [-0.15, -0.1) is 0 Å². The Kier molecular flexibility index (Phi) is 7.19. The molecule has 0 saturated heterocycles. The fraction of sp³-hybridized carbons (Fsp3) is 0.194. The minimum Gasteiger partial charge on any atom is -0.505 e. The molecule has 4 N–H and O–H groups in total. The monoisotopic (exact) mass is 522 g/mol. The normalized spacial score (nSPS) is 15.1. The Morgan fingerprint density at radius 3 is 2.46 bits per heavy atom. The molecule has 0 spiro atoms. The molecule has 0 fully saturated rings. The van der Waals surface area contributed by atoms with Crippen LogP contribution in [0, 0.1) is 0 Å². The van der Waals surface area contributed by atoms with Gasteiger partial charge in [-0.3, -0.25) is 4.79 Å². The molecule has 1 aliphatic rings. The molecule has 1 atom stereocenters. The molecule has 198 valence electrons. The van der Waals surface area contributed by atoms with E-state index in [9.17, 15) is 14.7 Å². The summed E-state index contributed by atoms with van der Waals surface area (Å²) in [4.78, 5) is 36.2. The van der Waals surface area contributed by atoms with Crippen LogP contribution in [0.4, 0.5) is 0 Å². The molecule has 1 unspecified atom stereocenters. The lowest BCUT2D eigenvalue weighted by Gasteiger charge is -2.23. The number of nitrogens with zero attached hydrogens (tertiary/aromatic N) is 1. The molecule has 2 aromatic carbocycles. The fourth-order valence-corrected chi connectivity index (χ4v) is 4.90. The van der Waals surface area contributed by atoms with E-state index >= 15 is 0 Å². The highest BCUT2D eigenvalue weighted by Crippen LogP contribution is 2.38. The van der Waals surface area contributed by atoms with Crippen molar-refractivity contribution in [2.75, 3.05) is 13.2 Å². The third kappa shape index (κ3) is 5.01. The quantitative estimate of drug-likeness (QED) is 0.275. The Balaban J connectivity index is 1.53. The topological polar surface area (TPSA) is 120 Å². The zero-order valence-corrected chi connectivity index (χ0v) is 22.0. The molecular formula is C31H30N4O4. The summed E-state index contributed by atoms with van der Waals surface area (Å²) in [7, 11) is 0. The molecule has 8 nitrogen and oxygen atoms in total. The van der Waals surface area contributed by atoms with E-state index in [1.807, 2.05) is 61.5 Å². The number of carbonyl (C=O) groups excluding carboxylic acids is 2. The van der Waals surface area contributed by atoms with Crippen LogP contribution in [0.2, 0.25) is 0 Å². The predicted molar refractivity (Wildman–Crippen MR) is 149 cm³/mol. The summed E-state index contributed by atoms with van der Waals surface area (Å²) in [5.74, 6) is -1.06. The smallest absolute Gasteiger partial charge is 0.336 e. The Hall–Kier alpha value is -4.85. The van der Waals surface area contributed by atoms with E-state index < -0.39 is 11.9 Å². The van der Waals surface area contributed by atoms with Crippen molar-refractivity contribution in [2.45, 2.75) is 26.7 Å². The zero-order chi connectivity index (χ0) is 27.5. The van der Waals surface area contributed by atoms with Gasteiger partial charge in [0.25, 0.3) is 5.91 Å². The predicted octanol–water partition coefficient (Wildman–Crippen LogP) is 3.90. The highest BCUT2D eigenvalue weighted by molar-refractivity contribution is 5.94. The van der Waals surface area contributed by atoms with E-state index in [4.69, 9.17) is 4.74 Å². The summed E-state index contributed by atoms with van der Waals surface area (Å²) >= 11 is 0. The third-order valence-corrected chi connectivity index (χ3v) is 6.70. The van der Waals surface area contributed by atoms with Crippen molar-refractivity contribution >= 4 is 18.0 Å². The van der Waals surface area contributed by atoms with Gasteiger partial charge in [0.15, 0.2) is 0 Å². The van der Waals surface area contributed by atoms with E-state index in [0.29, 0.717) is 39.8 Å². The minimum atomic E-state index is -0.529. The highest BCUT2D eigenvalue weighted by Gasteiger charge is 2.34. The Bertz CT molecular complexity index is 1680. The lowest BCUT2D eigenvalue weighted by molar-refractivity contribution is -0.138. The van der Waals surface area contributed by atoms with E-state index in [-0.39, 0.29) is 18.3 Å². The van der Waals surface area contributed by atoms with Crippen LogP contribution in [-0.2, 0) is 9.53 Å². The van der Waals surface area contributed by atoms with E-state index in [0.717, 1.165) is 22.5 Å². The van der Waals surface area contributed by atoms with Crippen LogP contribution < -0.4 is 16.2 Å². The van der Waals surface area contributed by atoms with Crippen LogP contribution in [0.5, 0.6) is 5.75 Å². The summed E-state index contributed by atoms with van der Waals surface area (Å²) in [5, 5.41) is 14.7. The Morgan fingerprint density at radius 2 is 1.77 bits per heavy atom. The van der Waals surface area contributed by atoms with Crippen LogP contribution in [0.15, 0.2) is 83.0 Å². The van der Waals surface area contributed by atoms with Crippen molar-refractivity contribution in [3.8, 4) is 17.0 Å². The van der Waals surface area contributed by atoms with Crippen LogP contribution in [-0.4, -0.2) is 40.1 Å². The average Bonchev–Trinajstić information content (AvgIpc) is 3.53. The van der Waals surface area contributed by atoms with Crippen LogP contribution in [0.3, 0.4) is 0 Å². The molecule has 5 rings (SSSR count). The Morgan fingerprint density at radius 1 is 1.03 bits per heavy atom. The molecule has 1 aliphatic heterocycles. The van der Waals surface area contributed by atoms with Gasteiger partial charge in [-0.25, -0.2) is 9.79 Å². The minimum absolute atomic E-state index is 0.0272. The van der Waals surface area contributed by atoms with Gasteiger partial charge in [0.1, 0.15) is 11.2 Å². The molecule has 1 amide bonds. The van der Waals surface area contributed by atoms with Gasteiger partial charge in [-0.2, -0.15) is 0 Å². The summed E-state index contributed by atoms with van der Waals surface area (Å²) in [5.41, 5.74) is 6.01. The lowest BCUT2D eigenvalue weighted by atomic mass is 9.83. The number of aromatic nitrogens is 2. The molecule has 3 heterocycles. The van der Waals surface area contributed by atoms with Crippen molar-refractivity contribution in [1.29, 1.82) is 0 Å². The first kappa shape index (κ1) is 25.8. The number of nitrogens with one attached hydrogen (secondary N) is 3. The van der Waals surface area contributed by atoms with Gasteiger partial charge >= 0.3 is 5.97 Å². The molecule has 0 aliphatic carbocycles. The molecule has 4 aromatic rings. The van der Waals surface area contributed by atoms with Crippen molar-refractivity contribution in [2.24, 2.45) is 4.99 Å². The first-order valence-electron chi connectivity index (χ1n) is 12.9. The third-order valence-electron chi connectivity index (χ3n) is 6.70. The van der Waals surface area contributed by atoms with Gasteiger partial charge in [-0.1, -0.05) is 42.5 Å². The van der Waals surface area contributed by atoms with Gasteiger partial charge in [0, 0.05) is 23.5 Å². The molecular weight excluding hydrogens is 492 g/mol. The number of ether oxygens (including phenoxy) is 1. The SMILES string of the molecule is CCNC(=O)c1ccc(-c2ccc(C=c3[nH]c4c(c3O)C(c3ccccc3)C(C(=O)OCC)=C(C)N=4)[nH]2)cc1. The summed E-state index contributed by atoms with van der Waals surface area (Å²) in [6, 6.07) is 20.8. The maximum Gasteiger partial charge on any atom is 0.336 e. The molecule has 8 heteroatoms. The van der Waals surface area contributed by atoms with E-state index in [2.05, 4.69) is 20.3 Å². The van der Waals surface area contributed by atoms with Crippen molar-refractivity contribution in [1.82, 2.24) is 15.3 Å². The summed E-state index contributed by atoms with van der Waals surface area (Å²) in [6.07, 6.45) is 1.80. The molecule has 39 heavy (non-hydrogen) atoms. The maximum absolute atomic E-state index is 13.0. The number of fused-ring (bicyclic) bond motifs is 1. The van der Waals surface area contributed by atoms with Gasteiger partial charge < -0.3 is 25.1 Å². The van der Waals surface area contributed by atoms with E-state index in [1.165, 1.54) is 0 Å². The number of amides is 1. The number of benzene rings is 2. The second-order valence-electron chi connectivity index (χ2n) is 9.23. The van der Waals surface area contributed by atoms with Crippen molar-refractivity contribution < 1.29 is 19.4 Å². The second-order valence-corrected chi connectivity index (χ2v) is 9.23. The molecule has 0 bridgehead atoms. The highest BCUT2D eigenvalue weighted by atomic mass is 16.5. The number of rotatable bonds is 7. The van der Waals surface area contributed by atoms with Crippen LogP contribution in [0.25, 0.3) is 17.3 Å². The fourth-order valence-electron chi connectivity index (χ4n) is 4.90. The van der Waals surface area contributed by atoms with Crippen LogP contribution in [0.1, 0.15) is 53.9 Å². The van der Waals surface area contributed by atoms with E-state index in [1.54, 1.807) is 32.1 Å². The molecule has 2 aromatic heterocycles. The van der Waals surface area contributed by atoms with Gasteiger partial charge in [0.05, 0.1) is 34.7 Å². The van der Waals surface area contributed by atoms with Crippen LogP contribution >= 0.6 is 0 Å². The number of hydrogen-bond acceptors (Lipinski definition) is 5. The number of H-pyrrole nitrogens is 2. The van der Waals surface area contributed by atoms with Crippen molar-refractivity contribution in [3.05, 3.63) is 111 Å².